The highest BCUT2D eigenvalue weighted by molar-refractivity contribution is 5.63. The fraction of sp³-hybridized carbons (Fsp3) is 0.478. The Bertz CT molecular complexity index is 903. The third kappa shape index (κ3) is 4.36. The van der Waals surface area contributed by atoms with Crippen molar-refractivity contribution in [1.29, 1.82) is 0 Å². The number of aryl methyl sites for hydroxylation is 2. The maximum absolute atomic E-state index is 5.35. The summed E-state index contributed by atoms with van der Waals surface area (Å²) >= 11 is 0. The van der Waals surface area contributed by atoms with Crippen LogP contribution in [-0.2, 0) is 20.1 Å². The van der Waals surface area contributed by atoms with Crippen molar-refractivity contribution in [3.63, 3.8) is 0 Å². The summed E-state index contributed by atoms with van der Waals surface area (Å²) in [7, 11) is 4.09. The normalized spacial score (nSPS) is 15.4. The molecule has 148 valence electrons. The standard InChI is InChI=1S/C23H30N4O/c1-17-13-22(28-25-17)16-26(2)14-21-15-27(3)24-23(21)20-11-9-19(10-12-20)18-7-5-4-6-8-18/h9-13,15,18H,4-8,14,16H2,1-3H3. The Hall–Kier alpha value is -2.40. The molecule has 28 heavy (non-hydrogen) atoms. The highest BCUT2D eigenvalue weighted by Crippen LogP contribution is 2.34. The van der Waals surface area contributed by atoms with Gasteiger partial charge in [0.2, 0.25) is 0 Å². The van der Waals surface area contributed by atoms with E-state index in [0.717, 1.165) is 36.2 Å². The van der Waals surface area contributed by atoms with E-state index in [1.165, 1.54) is 48.8 Å². The van der Waals surface area contributed by atoms with Gasteiger partial charge < -0.3 is 4.52 Å². The van der Waals surface area contributed by atoms with Gasteiger partial charge in [0.25, 0.3) is 0 Å². The molecule has 0 atom stereocenters. The molecule has 0 saturated heterocycles. The van der Waals surface area contributed by atoms with Crippen LogP contribution in [-0.4, -0.2) is 26.9 Å². The summed E-state index contributed by atoms with van der Waals surface area (Å²) in [6.07, 6.45) is 8.92. The third-order valence-electron chi connectivity index (χ3n) is 5.71. The zero-order chi connectivity index (χ0) is 19.5. The van der Waals surface area contributed by atoms with Crippen LogP contribution in [0.2, 0.25) is 0 Å². The summed E-state index contributed by atoms with van der Waals surface area (Å²) in [5.41, 5.74) is 5.89. The molecule has 3 aromatic rings. The largest absolute Gasteiger partial charge is 0.360 e. The molecule has 0 bridgehead atoms. The van der Waals surface area contributed by atoms with Crippen LogP contribution < -0.4 is 0 Å². The van der Waals surface area contributed by atoms with E-state index >= 15 is 0 Å². The molecule has 2 heterocycles. The number of hydrogen-bond donors (Lipinski definition) is 0. The summed E-state index contributed by atoms with van der Waals surface area (Å²) in [5, 5.41) is 8.72. The molecule has 0 radical (unpaired) electrons. The summed E-state index contributed by atoms with van der Waals surface area (Å²) in [6, 6.07) is 11.1. The number of hydrogen-bond acceptors (Lipinski definition) is 4. The SMILES string of the molecule is Cc1cc(CN(C)Cc2cn(C)nc2-c2ccc(C3CCCCC3)cc2)on1. The fourth-order valence-corrected chi connectivity index (χ4v) is 4.35. The molecular weight excluding hydrogens is 348 g/mol. The maximum atomic E-state index is 5.35. The lowest BCUT2D eigenvalue weighted by atomic mass is 9.84. The van der Waals surface area contributed by atoms with Gasteiger partial charge in [-0.2, -0.15) is 5.10 Å². The van der Waals surface area contributed by atoms with Crippen molar-refractivity contribution in [2.75, 3.05) is 7.05 Å². The van der Waals surface area contributed by atoms with Crippen molar-refractivity contribution in [3.05, 3.63) is 59.1 Å². The molecule has 0 aliphatic heterocycles. The predicted octanol–water partition coefficient (Wildman–Crippen LogP) is 5.06. The van der Waals surface area contributed by atoms with E-state index in [1.807, 2.05) is 24.7 Å². The van der Waals surface area contributed by atoms with Crippen LogP contribution in [0.1, 0.15) is 60.6 Å². The first kappa shape index (κ1) is 18.9. The molecule has 1 aliphatic rings. The second-order valence-corrected chi connectivity index (χ2v) is 8.24. The number of nitrogens with zero attached hydrogens (tertiary/aromatic N) is 4. The Morgan fingerprint density at radius 2 is 1.86 bits per heavy atom. The molecule has 0 N–H and O–H groups in total. The lowest BCUT2D eigenvalue weighted by molar-refractivity contribution is 0.266. The van der Waals surface area contributed by atoms with Crippen LogP contribution >= 0.6 is 0 Å². The lowest BCUT2D eigenvalue weighted by Crippen LogP contribution is -2.17. The lowest BCUT2D eigenvalue weighted by Gasteiger charge is -2.22. The molecule has 1 fully saturated rings. The van der Waals surface area contributed by atoms with Crippen molar-refractivity contribution in [2.45, 2.75) is 58.0 Å². The molecule has 0 amide bonds. The number of benzene rings is 1. The summed E-state index contributed by atoms with van der Waals surface area (Å²) in [4.78, 5) is 2.23. The van der Waals surface area contributed by atoms with Gasteiger partial charge in [0.05, 0.1) is 17.9 Å². The smallest absolute Gasteiger partial charge is 0.150 e. The monoisotopic (exact) mass is 378 g/mol. The summed E-state index contributed by atoms with van der Waals surface area (Å²) in [6.45, 7) is 3.49. The van der Waals surface area contributed by atoms with Crippen molar-refractivity contribution in [1.82, 2.24) is 19.8 Å². The van der Waals surface area contributed by atoms with Crippen LogP contribution in [0.5, 0.6) is 0 Å². The van der Waals surface area contributed by atoms with E-state index in [0.29, 0.717) is 0 Å². The minimum Gasteiger partial charge on any atom is -0.360 e. The Kier molecular flexibility index (Phi) is 5.62. The topological polar surface area (TPSA) is 47.1 Å². The highest BCUT2D eigenvalue weighted by atomic mass is 16.5. The van der Waals surface area contributed by atoms with Crippen LogP contribution in [0.3, 0.4) is 0 Å². The minimum atomic E-state index is 0.732. The first-order valence-corrected chi connectivity index (χ1v) is 10.3. The zero-order valence-electron chi connectivity index (χ0n) is 17.2. The molecule has 2 aromatic heterocycles. The average Bonchev–Trinajstić information content (AvgIpc) is 3.27. The van der Waals surface area contributed by atoms with Gasteiger partial charge in [0.1, 0.15) is 0 Å². The molecule has 5 heteroatoms. The number of aromatic nitrogens is 3. The van der Waals surface area contributed by atoms with Crippen LogP contribution in [0, 0.1) is 6.92 Å². The van der Waals surface area contributed by atoms with Gasteiger partial charge in [-0.3, -0.25) is 9.58 Å². The predicted molar refractivity (Wildman–Crippen MR) is 111 cm³/mol. The molecule has 1 aromatic carbocycles. The maximum Gasteiger partial charge on any atom is 0.150 e. The van der Waals surface area contributed by atoms with E-state index in [9.17, 15) is 0 Å². The Labute approximate surface area is 167 Å². The zero-order valence-corrected chi connectivity index (χ0v) is 17.2. The van der Waals surface area contributed by atoms with Gasteiger partial charge in [-0.05, 0) is 38.3 Å². The molecule has 1 aliphatic carbocycles. The highest BCUT2D eigenvalue weighted by Gasteiger charge is 2.17. The first-order chi connectivity index (χ1) is 13.6. The first-order valence-electron chi connectivity index (χ1n) is 10.3. The van der Waals surface area contributed by atoms with Gasteiger partial charge in [0.15, 0.2) is 5.76 Å². The van der Waals surface area contributed by atoms with Gasteiger partial charge in [-0.25, -0.2) is 0 Å². The molecule has 1 saturated carbocycles. The van der Waals surface area contributed by atoms with E-state index < -0.39 is 0 Å². The van der Waals surface area contributed by atoms with E-state index in [1.54, 1.807) is 0 Å². The third-order valence-corrected chi connectivity index (χ3v) is 5.71. The molecule has 0 spiro atoms. The van der Waals surface area contributed by atoms with Crippen molar-refractivity contribution in [3.8, 4) is 11.3 Å². The van der Waals surface area contributed by atoms with Crippen molar-refractivity contribution >= 4 is 0 Å². The van der Waals surface area contributed by atoms with Crippen molar-refractivity contribution in [2.24, 2.45) is 7.05 Å². The van der Waals surface area contributed by atoms with Crippen LogP contribution in [0.15, 0.2) is 41.1 Å². The van der Waals surface area contributed by atoms with Gasteiger partial charge in [-0.15, -0.1) is 0 Å². The van der Waals surface area contributed by atoms with Crippen molar-refractivity contribution < 1.29 is 4.52 Å². The van der Waals surface area contributed by atoms with Gasteiger partial charge >= 0.3 is 0 Å². The molecule has 4 rings (SSSR count). The molecule has 5 nitrogen and oxygen atoms in total. The quantitative estimate of drug-likeness (QED) is 0.601. The van der Waals surface area contributed by atoms with E-state index in [-0.39, 0.29) is 0 Å². The van der Waals surface area contributed by atoms with Gasteiger partial charge in [-0.1, -0.05) is 48.7 Å². The molecule has 0 unspecified atom stereocenters. The summed E-state index contributed by atoms with van der Waals surface area (Å²) < 4.78 is 7.26. The Balaban J connectivity index is 1.49. The van der Waals surface area contributed by atoms with Crippen LogP contribution in [0.4, 0.5) is 0 Å². The van der Waals surface area contributed by atoms with E-state index in [2.05, 4.69) is 47.6 Å². The Morgan fingerprint density at radius 1 is 1.11 bits per heavy atom. The average molecular weight is 379 g/mol. The number of rotatable bonds is 6. The van der Waals surface area contributed by atoms with Crippen LogP contribution in [0.25, 0.3) is 11.3 Å². The van der Waals surface area contributed by atoms with E-state index in [4.69, 9.17) is 9.62 Å². The Morgan fingerprint density at radius 3 is 2.54 bits per heavy atom. The fourth-order valence-electron chi connectivity index (χ4n) is 4.35. The molecular formula is C23H30N4O. The minimum absolute atomic E-state index is 0.732. The summed E-state index contributed by atoms with van der Waals surface area (Å²) in [5.74, 6) is 1.63. The second-order valence-electron chi connectivity index (χ2n) is 8.24. The van der Waals surface area contributed by atoms with Gasteiger partial charge in [0, 0.05) is 37.0 Å². The second kappa shape index (κ2) is 8.31.